The van der Waals surface area contributed by atoms with Gasteiger partial charge >= 0.3 is 0 Å². The smallest absolute Gasteiger partial charge is 0.226 e. The summed E-state index contributed by atoms with van der Waals surface area (Å²) in [7, 11) is 1.64. The summed E-state index contributed by atoms with van der Waals surface area (Å²) < 4.78 is 10.5. The number of aromatic nitrogens is 1. The zero-order chi connectivity index (χ0) is 18.4. The molecule has 0 aliphatic carbocycles. The minimum atomic E-state index is -0.0725. The first kappa shape index (κ1) is 17.7. The second-order valence-corrected chi connectivity index (χ2v) is 6.18. The van der Waals surface area contributed by atoms with Crippen LogP contribution < -0.4 is 10.1 Å². The number of amides is 1. The van der Waals surface area contributed by atoms with Gasteiger partial charge in [-0.3, -0.25) is 4.79 Å². The Morgan fingerprint density at radius 2 is 1.96 bits per heavy atom. The monoisotopic (exact) mass is 350 g/mol. The minimum absolute atomic E-state index is 0.0725. The topological polar surface area (TPSA) is 64.4 Å². The molecular weight excluding hydrogens is 328 g/mol. The van der Waals surface area contributed by atoms with E-state index in [0.717, 1.165) is 23.3 Å². The maximum Gasteiger partial charge on any atom is 0.226 e. The molecule has 0 aliphatic rings. The number of nitrogens with zero attached hydrogens (tertiary/aromatic N) is 1. The van der Waals surface area contributed by atoms with Gasteiger partial charge in [-0.15, -0.1) is 0 Å². The highest BCUT2D eigenvalue weighted by Gasteiger charge is 2.10. The van der Waals surface area contributed by atoms with Crippen LogP contribution in [-0.2, 0) is 17.6 Å². The highest BCUT2D eigenvalue weighted by molar-refractivity contribution is 5.78. The number of carbonyl (C=O) groups excluding carboxylic acids is 1. The average Bonchev–Trinajstić information content (AvgIpc) is 3.11. The first-order chi connectivity index (χ1) is 12.6. The van der Waals surface area contributed by atoms with E-state index >= 15 is 0 Å². The Morgan fingerprint density at radius 1 is 1.15 bits per heavy atom. The summed E-state index contributed by atoms with van der Waals surface area (Å²) in [6.45, 7) is 2.60. The summed E-state index contributed by atoms with van der Waals surface area (Å²) in [4.78, 5) is 12.1. The lowest BCUT2D eigenvalue weighted by Gasteiger charge is -2.06. The van der Waals surface area contributed by atoms with Crippen molar-refractivity contribution in [1.82, 2.24) is 10.5 Å². The van der Waals surface area contributed by atoms with E-state index in [-0.39, 0.29) is 12.3 Å². The van der Waals surface area contributed by atoms with Crippen molar-refractivity contribution in [2.45, 2.75) is 19.8 Å². The van der Waals surface area contributed by atoms with E-state index in [0.29, 0.717) is 18.0 Å². The van der Waals surface area contributed by atoms with Gasteiger partial charge in [0.2, 0.25) is 5.91 Å². The van der Waals surface area contributed by atoms with E-state index in [1.165, 1.54) is 5.56 Å². The van der Waals surface area contributed by atoms with E-state index in [1.807, 2.05) is 61.5 Å². The van der Waals surface area contributed by atoms with Crippen molar-refractivity contribution in [3.8, 4) is 17.1 Å². The van der Waals surface area contributed by atoms with Crippen molar-refractivity contribution in [1.29, 1.82) is 0 Å². The largest absolute Gasteiger partial charge is 0.497 e. The minimum Gasteiger partial charge on any atom is -0.497 e. The van der Waals surface area contributed by atoms with E-state index in [2.05, 4.69) is 10.5 Å². The van der Waals surface area contributed by atoms with E-state index in [4.69, 9.17) is 9.26 Å². The molecule has 0 fully saturated rings. The highest BCUT2D eigenvalue weighted by Crippen LogP contribution is 2.21. The van der Waals surface area contributed by atoms with Crippen LogP contribution in [0.2, 0.25) is 0 Å². The highest BCUT2D eigenvalue weighted by atomic mass is 16.5. The van der Waals surface area contributed by atoms with Crippen LogP contribution in [0, 0.1) is 6.92 Å². The SMILES string of the molecule is COc1cccc(CCNC(=O)Cc2cc(-c3ccc(C)cc3)on2)c1. The van der Waals surface area contributed by atoms with E-state index in [1.54, 1.807) is 7.11 Å². The van der Waals surface area contributed by atoms with Crippen molar-refractivity contribution in [3.63, 3.8) is 0 Å². The summed E-state index contributed by atoms with van der Waals surface area (Å²) in [5.41, 5.74) is 3.88. The molecule has 1 amide bonds. The van der Waals surface area contributed by atoms with Gasteiger partial charge in [0.15, 0.2) is 5.76 Å². The van der Waals surface area contributed by atoms with Crippen molar-refractivity contribution in [3.05, 3.63) is 71.4 Å². The third-order valence-corrected chi connectivity index (χ3v) is 4.11. The number of benzene rings is 2. The third-order valence-electron chi connectivity index (χ3n) is 4.11. The second kappa shape index (κ2) is 8.34. The first-order valence-corrected chi connectivity index (χ1v) is 8.56. The summed E-state index contributed by atoms with van der Waals surface area (Å²) in [6.07, 6.45) is 0.948. The average molecular weight is 350 g/mol. The number of methoxy groups -OCH3 is 1. The Morgan fingerprint density at radius 3 is 2.73 bits per heavy atom. The molecule has 3 rings (SSSR count). The van der Waals surface area contributed by atoms with E-state index in [9.17, 15) is 4.79 Å². The fourth-order valence-corrected chi connectivity index (χ4v) is 2.65. The molecule has 1 aromatic heterocycles. The molecule has 0 radical (unpaired) electrons. The first-order valence-electron chi connectivity index (χ1n) is 8.56. The number of carbonyl (C=O) groups is 1. The van der Waals surface area contributed by atoms with Crippen molar-refractivity contribution in [2.24, 2.45) is 0 Å². The Hall–Kier alpha value is -3.08. The van der Waals surface area contributed by atoms with Gasteiger partial charge in [0.25, 0.3) is 0 Å². The molecule has 5 nitrogen and oxygen atoms in total. The number of hydrogen-bond acceptors (Lipinski definition) is 4. The van der Waals surface area contributed by atoms with Crippen LogP contribution in [0.25, 0.3) is 11.3 Å². The van der Waals surface area contributed by atoms with Crippen LogP contribution in [0.1, 0.15) is 16.8 Å². The van der Waals surface area contributed by atoms with Gasteiger partial charge in [-0.05, 0) is 31.0 Å². The molecule has 0 aliphatic heterocycles. The molecule has 0 atom stereocenters. The number of hydrogen-bond donors (Lipinski definition) is 1. The van der Waals surface area contributed by atoms with Crippen LogP contribution >= 0.6 is 0 Å². The predicted octanol–water partition coefficient (Wildman–Crippen LogP) is 3.56. The number of nitrogens with one attached hydrogen (secondary N) is 1. The number of rotatable bonds is 7. The summed E-state index contributed by atoms with van der Waals surface area (Å²) in [5.74, 6) is 1.42. The summed E-state index contributed by atoms with van der Waals surface area (Å²) in [6, 6.07) is 17.6. The van der Waals surface area contributed by atoms with Crippen molar-refractivity contribution in [2.75, 3.05) is 13.7 Å². The lowest BCUT2D eigenvalue weighted by Crippen LogP contribution is -2.27. The third kappa shape index (κ3) is 4.72. The zero-order valence-corrected chi connectivity index (χ0v) is 15.0. The molecule has 1 heterocycles. The lowest BCUT2D eigenvalue weighted by molar-refractivity contribution is -0.120. The van der Waals surface area contributed by atoms with Gasteiger partial charge in [-0.1, -0.05) is 47.1 Å². The van der Waals surface area contributed by atoms with Crippen LogP contribution in [0.3, 0.4) is 0 Å². The van der Waals surface area contributed by atoms with Gasteiger partial charge in [-0.25, -0.2) is 0 Å². The molecule has 0 unspecified atom stereocenters. The summed E-state index contributed by atoms with van der Waals surface area (Å²) in [5, 5.41) is 6.90. The molecule has 0 spiro atoms. The zero-order valence-electron chi connectivity index (χ0n) is 15.0. The number of ether oxygens (including phenoxy) is 1. The van der Waals surface area contributed by atoms with Crippen LogP contribution in [0.5, 0.6) is 5.75 Å². The maximum atomic E-state index is 12.1. The van der Waals surface area contributed by atoms with Crippen molar-refractivity contribution < 1.29 is 14.1 Å². The predicted molar refractivity (Wildman–Crippen MR) is 100 cm³/mol. The Bertz CT molecular complexity index is 869. The Balaban J connectivity index is 1.50. The molecule has 3 aromatic rings. The molecule has 5 heteroatoms. The molecule has 0 saturated carbocycles. The molecule has 1 N–H and O–H groups in total. The summed E-state index contributed by atoms with van der Waals surface area (Å²) >= 11 is 0. The quantitative estimate of drug-likeness (QED) is 0.708. The molecular formula is C21H22N2O3. The van der Waals surface area contributed by atoms with E-state index < -0.39 is 0 Å². The standard InChI is InChI=1S/C21H22N2O3/c1-15-6-8-17(9-7-15)20-13-18(23-26-20)14-21(24)22-11-10-16-4-3-5-19(12-16)25-2/h3-9,12-13H,10-11,14H2,1-2H3,(H,22,24). The lowest BCUT2D eigenvalue weighted by atomic mass is 10.1. The Labute approximate surface area is 153 Å². The Kier molecular flexibility index (Phi) is 5.69. The second-order valence-electron chi connectivity index (χ2n) is 6.18. The van der Waals surface area contributed by atoms with Gasteiger partial charge in [0, 0.05) is 18.2 Å². The maximum absolute atomic E-state index is 12.1. The fraction of sp³-hybridized carbons (Fsp3) is 0.238. The molecule has 26 heavy (non-hydrogen) atoms. The number of aryl methyl sites for hydroxylation is 1. The van der Waals surface area contributed by atoms with Gasteiger partial charge in [-0.2, -0.15) is 0 Å². The van der Waals surface area contributed by atoms with Gasteiger partial charge in [0.05, 0.1) is 19.2 Å². The molecule has 134 valence electrons. The molecule has 0 saturated heterocycles. The van der Waals surface area contributed by atoms with Crippen LogP contribution in [0.15, 0.2) is 59.1 Å². The fourth-order valence-electron chi connectivity index (χ4n) is 2.65. The van der Waals surface area contributed by atoms with Gasteiger partial charge in [0.1, 0.15) is 5.75 Å². The van der Waals surface area contributed by atoms with Crippen LogP contribution in [0.4, 0.5) is 0 Å². The van der Waals surface area contributed by atoms with Crippen molar-refractivity contribution >= 4 is 5.91 Å². The normalized spacial score (nSPS) is 10.5. The molecule has 2 aromatic carbocycles. The molecule has 0 bridgehead atoms. The van der Waals surface area contributed by atoms with Crippen LogP contribution in [-0.4, -0.2) is 24.7 Å². The van der Waals surface area contributed by atoms with Gasteiger partial charge < -0.3 is 14.6 Å².